The van der Waals surface area contributed by atoms with Crippen LogP contribution in [-0.2, 0) is 33.3 Å². The summed E-state index contributed by atoms with van der Waals surface area (Å²) in [5.74, 6) is -2.52. The van der Waals surface area contributed by atoms with Crippen molar-refractivity contribution in [2.24, 2.45) is 0 Å². The molecule has 3 rings (SSSR count). The van der Waals surface area contributed by atoms with Gasteiger partial charge >= 0.3 is 5.97 Å². The lowest BCUT2D eigenvalue weighted by molar-refractivity contribution is -0.315. The molecule has 19 heteroatoms. The lowest BCUT2D eigenvalue weighted by atomic mass is 9.95. The lowest BCUT2D eigenvalue weighted by Crippen LogP contribution is -2.67. The van der Waals surface area contributed by atoms with Crippen molar-refractivity contribution in [3.63, 3.8) is 0 Å². The van der Waals surface area contributed by atoms with Crippen molar-refractivity contribution < 1.29 is 78.9 Å². The third-order valence-electron chi connectivity index (χ3n) is 8.21. The molecule has 2 saturated heterocycles. The van der Waals surface area contributed by atoms with E-state index in [-0.39, 0.29) is 17.8 Å². The average molecular weight is 706 g/mol. The summed E-state index contributed by atoms with van der Waals surface area (Å²) < 4.78 is 28.0. The predicted molar refractivity (Wildman–Crippen MR) is 165 cm³/mol. The molecule has 0 spiro atoms. The number of rotatable bonds is 16. The van der Waals surface area contributed by atoms with E-state index in [4.69, 9.17) is 23.7 Å². The molecule has 19 nitrogen and oxygen atoms in total. The van der Waals surface area contributed by atoms with Crippen molar-refractivity contribution in [3.05, 3.63) is 29.8 Å². The number of amides is 2. The number of aliphatic hydroxyl groups excluding tert-OH is 7. The molecule has 0 saturated carbocycles. The van der Waals surface area contributed by atoms with Gasteiger partial charge in [-0.05, 0) is 19.1 Å². The van der Waals surface area contributed by atoms with E-state index in [2.05, 4.69) is 16.0 Å². The van der Waals surface area contributed by atoms with Gasteiger partial charge in [-0.1, -0.05) is 12.1 Å². The molecule has 0 aromatic heterocycles. The van der Waals surface area contributed by atoms with Crippen LogP contribution in [0.1, 0.15) is 31.1 Å². The van der Waals surface area contributed by atoms with Crippen molar-refractivity contribution in [3.8, 4) is 0 Å². The molecule has 1 aromatic carbocycles. The molecule has 2 aliphatic heterocycles. The minimum Gasteiger partial charge on any atom is -0.478 e. The number of ether oxygens (including phenoxy) is 5. The first kappa shape index (κ1) is 40.4. The van der Waals surface area contributed by atoms with E-state index in [1.54, 1.807) is 6.07 Å². The van der Waals surface area contributed by atoms with Gasteiger partial charge in [0.05, 0.1) is 30.9 Å². The molecule has 11 N–H and O–H groups in total. The van der Waals surface area contributed by atoms with Crippen LogP contribution in [0.2, 0.25) is 0 Å². The Labute approximate surface area is 281 Å². The summed E-state index contributed by atoms with van der Waals surface area (Å²) in [5, 5.41) is 92.0. The Morgan fingerprint density at radius 2 is 1.61 bits per heavy atom. The summed E-state index contributed by atoms with van der Waals surface area (Å²) >= 11 is 0. The van der Waals surface area contributed by atoms with Crippen LogP contribution in [0.15, 0.2) is 24.3 Å². The number of hydrogen-bond acceptors (Lipinski definition) is 16. The van der Waals surface area contributed by atoms with Crippen LogP contribution in [0.3, 0.4) is 0 Å². The first-order chi connectivity index (χ1) is 23.1. The zero-order valence-electron chi connectivity index (χ0n) is 27.4. The number of aliphatic hydroxyl groups is 7. The number of carboxylic acids is 1. The number of carboxylic acid groups (broad SMARTS) is 1. The second-order valence-corrected chi connectivity index (χ2v) is 11.9. The molecule has 2 aliphatic rings. The van der Waals surface area contributed by atoms with Gasteiger partial charge in [-0.25, -0.2) is 4.79 Å². The van der Waals surface area contributed by atoms with Gasteiger partial charge in [-0.3, -0.25) is 9.59 Å². The number of hydrogen-bond donors (Lipinski definition) is 11. The highest BCUT2D eigenvalue weighted by Gasteiger charge is 2.49. The smallest absolute Gasteiger partial charge is 0.337 e. The summed E-state index contributed by atoms with van der Waals surface area (Å²) in [6.45, 7) is 1.95. The Hall–Kier alpha value is -3.05. The standard InChI is InChI=1S/C30H47N3O16/c1-12-21(38)24(41)25(42)30(47-12)46-11-18(37)26(49-29-20(33-14(3)36)23(40)27(45-4)19(10-34)48-29)22(39)17(32-13(2)35)9-31-16-8-6-5-7-15(16)28(43)44/h5-8,12,17-27,29-31,34,37-42H,9-11H2,1-4H3,(H,32,35)(H,33,36)(H,43,44)/t12?,17?,18?,19?,20?,21-,22?,23?,24?,25?,26-,27-,29+,30-/m1/s1. The summed E-state index contributed by atoms with van der Waals surface area (Å²) in [6.07, 6.45) is -18.5. The van der Waals surface area contributed by atoms with Crippen LogP contribution >= 0.6 is 0 Å². The number of anilines is 1. The monoisotopic (exact) mass is 705 g/mol. The van der Waals surface area contributed by atoms with Crippen LogP contribution in [-0.4, -0.2) is 171 Å². The maximum absolute atomic E-state index is 12.2. The van der Waals surface area contributed by atoms with Crippen LogP contribution in [0.4, 0.5) is 5.69 Å². The Morgan fingerprint density at radius 1 is 0.939 bits per heavy atom. The highest BCUT2D eigenvalue weighted by molar-refractivity contribution is 5.94. The van der Waals surface area contributed by atoms with Crippen molar-refractivity contribution in [2.75, 3.05) is 32.2 Å². The number of methoxy groups -OCH3 is 1. The van der Waals surface area contributed by atoms with Crippen LogP contribution in [0, 0.1) is 0 Å². The number of nitrogens with one attached hydrogen (secondary N) is 3. The third kappa shape index (κ3) is 10.2. The van der Waals surface area contributed by atoms with Crippen molar-refractivity contribution >= 4 is 23.5 Å². The Kier molecular flexibility index (Phi) is 15.1. The van der Waals surface area contributed by atoms with Crippen molar-refractivity contribution in [1.82, 2.24) is 10.6 Å². The highest BCUT2D eigenvalue weighted by atomic mass is 16.7. The second kappa shape index (κ2) is 18.3. The van der Waals surface area contributed by atoms with Gasteiger partial charge in [0.2, 0.25) is 11.8 Å². The number of benzene rings is 1. The summed E-state index contributed by atoms with van der Waals surface area (Å²) in [4.78, 5) is 36.1. The highest BCUT2D eigenvalue weighted by Crippen LogP contribution is 2.28. The molecule has 2 heterocycles. The topological polar surface area (TPSA) is 295 Å². The van der Waals surface area contributed by atoms with E-state index in [1.165, 1.54) is 32.2 Å². The Bertz CT molecular complexity index is 1240. The number of aromatic carboxylic acids is 1. The zero-order chi connectivity index (χ0) is 36.6. The molecule has 0 bridgehead atoms. The average Bonchev–Trinajstić information content (AvgIpc) is 3.05. The van der Waals surface area contributed by atoms with Gasteiger partial charge < -0.3 is 80.5 Å². The summed E-state index contributed by atoms with van der Waals surface area (Å²) in [6, 6.07) is 3.15. The zero-order valence-corrected chi connectivity index (χ0v) is 27.4. The fourth-order valence-electron chi connectivity index (χ4n) is 5.65. The normalized spacial score (nSPS) is 32.7. The minimum atomic E-state index is -1.87. The van der Waals surface area contributed by atoms with E-state index in [0.29, 0.717) is 0 Å². The van der Waals surface area contributed by atoms with Gasteiger partial charge in [-0.2, -0.15) is 0 Å². The molecule has 0 radical (unpaired) electrons. The van der Waals surface area contributed by atoms with E-state index in [1.807, 2.05) is 0 Å². The molecule has 14 atom stereocenters. The molecule has 9 unspecified atom stereocenters. The predicted octanol–water partition coefficient (Wildman–Crippen LogP) is -4.15. The molecule has 1 aromatic rings. The van der Waals surface area contributed by atoms with Crippen molar-refractivity contribution in [2.45, 2.75) is 106 Å². The van der Waals surface area contributed by atoms with E-state index >= 15 is 0 Å². The van der Waals surface area contributed by atoms with E-state index < -0.39 is 117 Å². The molecule has 2 amide bonds. The fraction of sp³-hybridized carbons (Fsp3) is 0.700. The summed E-state index contributed by atoms with van der Waals surface area (Å²) in [7, 11) is 1.24. The lowest BCUT2D eigenvalue weighted by Gasteiger charge is -2.45. The van der Waals surface area contributed by atoms with E-state index in [9.17, 15) is 55.2 Å². The van der Waals surface area contributed by atoms with Gasteiger partial charge in [0.25, 0.3) is 0 Å². The van der Waals surface area contributed by atoms with Crippen LogP contribution in [0.5, 0.6) is 0 Å². The van der Waals surface area contributed by atoms with Crippen LogP contribution < -0.4 is 16.0 Å². The Balaban J connectivity index is 1.95. The molecule has 2 fully saturated rings. The first-order valence-corrected chi connectivity index (χ1v) is 15.5. The number of para-hydroxylation sites is 1. The largest absolute Gasteiger partial charge is 0.478 e. The van der Waals surface area contributed by atoms with Gasteiger partial charge in [0.15, 0.2) is 12.6 Å². The Morgan fingerprint density at radius 3 is 2.20 bits per heavy atom. The first-order valence-electron chi connectivity index (χ1n) is 15.5. The van der Waals surface area contributed by atoms with Gasteiger partial charge in [-0.15, -0.1) is 0 Å². The van der Waals surface area contributed by atoms with Crippen molar-refractivity contribution in [1.29, 1.82) is 0 Å². The summed E-state index contributed by atoms with van der Waals surface area (Å²) in [5.41, 5.74) is 0.0240. The number of carbonyl (C=O) groups excluding carboxylic acids is 2. The third-order valence-corrected chi connectivity index (χ3v) is 8.21. The number of carbonyl (C=O) groups is 3. The molecule has 49 heavy (non-hydrogen) atoms. The quantitative estimate of drug-likeness (QED) is 0.0778. The minimum absolute atomic E-state index is 0.113. The van der Waals surface area contributed by atoms with Gasteiger partial charge in [0, 0.05) is 33.2 Å². The van der Waals surface area contributed by atoms with E-state index in [0.717, 1.165) is 13.8 Å². The molecule has 278 valence electrons. The van der Waals surface area contributed by atoms with Crippen LogP contribution in [0.25, 0.3) is 0 Å². The maximum Gasteiger partial charge on any atom is 0.337 e. The molecule has 0 aliphatic carbocycles. The molecular weight excluding hydrogens is 658 g/mol. The second-order valence-electron chi connectivity index (χ2n) is 11.9. The van der Waals surface area contributed by atoms with Gasteiger partial charge in [0.1, 0.15) is 61.0 Å². The maximum atomic E-state index is 12.2. The fourth-order valence-corrected chi connectivity index (χ4v) is 5.65. The SMILES string of the molecule is CO[C@@H]1C(CO)O[C@@H](O[C@H](C(O)CO[C@@H]2OC(C)[C@@H](O)C(O)C2O)C(O)C(CNc2ccccc2C(=O)O)NC(C)=O)C(NC(C)=O)C1O. The molecular formula is C30H47N3O16.